The van der Waals surface area contributed by atoms with Gasteiger partial charge in [0.2, 0.25) is 0 Å². The van der Waals surface area contributed by atoms with Gasteiger partial charge in [-0.25, -0.2) is 0 Å². The zero-order valence-electron chi connectivity index (χ0n) is 7.38. The van der Waals surface area contributed by atoms with Crippen LogP contribution in [0.1, 0.15) is 23.1 Å². The minimum Gasteiger partial charge on any atom is -0.508 e. The summed E-state index contributed by atoms with van der Waals surface area (Å²) >= 11 is 0. The molecule has 66 valence electrons. The number of nitrogens with zero attached hydrogens (tertiary/aromatic N) is 1. The second-order valence-corrected chi connectivity index (χ2v) is 3.39. The Balaban J connectivity index is 2.53. The van der Waals surface area contributed by atoms with Gasteiger partial charge < -0.3 is 5.11 Å². The van der Waals surface area contributed by atoms with E-state index in [4.69, 9.17) is 5.26 Å². The number of rotatable bonds is 1. The van der Waals surface area contributed by atoms with Crippen molar-refractivity contribution in [1.29, 1.82) is 5.26 Å². The van der Waals surface area contributed by atoms with E-state index in [1.807, 2.05) is 6.07 Å². The summed E-state index contributed by atoms with van der Waals surface area (Å²) in [5, 5.41) is 18.2. The molecule has 0 saturated carbocycles. The molecule has 0 unspecified atom stereocenters. The lowest BCUT2D eigenvalue weighted by Crippen LogP contribution is -1.92. The number of hydrogen-bond donors (Lipinski definition) is 1. The van der Waals surface area contributed by atoms with E-state index in [1.165, 1.54) is 11.1 Å². The van der Waals surface area contributed by atoms with Gasteiger partial charge in [0.15, 0.2) is 0 Å². The molecule has 0 amide bonds. The SMILES string of the molecule is N#CCc1c(O)ccc2c1CCC2. The maximum Gasteiger partial charge on any atom is 0.120 e. The quantitative estimate of drug-likeness (QED) is 0.705. The maximum absolute atomic E-state index is 9.55. The summed E-state index contributed by atoms with van der Waals surface area (Å²) in [7, 11) is 0. The first kappa shape index (κ1) is 8.12. The van der Waals surface area contributed by atoms with Crippen molar-refractivity contribution in [1.82, 2.24) is 0 Å². The molecule has 13 heavy (non-hydrogen) atoms. The van der Waals surface area contributed by atoms with Crippen LogP contribution in [0.2, 0.25) is 0 Å². The Morgan fingerprint density at radius 3 is 3.00 bits per heavy atom. The van der Waals surface area contributed by atoms with Gasteiger partial charge in [-0.3, -0.25) is 0 Å². The fourth-order valence-electron chi connectivity index (χ4n) is 2.01. The van der Waals surface area contributed by atoms with Gasteiger partial charge in [0, 0.05) is 5.56 Å². The van der Waals surface area contributed by atoms with Crippen molar-refractivity contribution in [3.8, 4) is 11.8 Å². The first-order chi connectivity index (χ1) is 6.33. The summed E-state index contributed by atoms with van der Waals surface area (Å²) in [5.41, 5.74) is 3.36. The predicted octanol–water partition coefficient (Wildman–Crippen LogP) is 1.95. The standard InChI is InChI=1S/C11H11NO/c12-7-6-10-9-3-1-2-8(9)4-5-11(10)13/h4-5,13H,1-3,6H2. The normalized spacial score (nSPS) is 13.8. The highest BCUT2D eigenvalue weighted by Gasteiger charge is 2.16. The van der Waals surface area contributed by atoms with Crippen LogP contribution in [0.25, 0.3) is 0 Å². The third kappa shape index (κ3) is 1.27. The molecule has 0 aliphatic heterocycles. The average Bonchev–Trinajstić information content (AvgIpc) is 2.58. The summed E-state index contributed by atoms with van der Waals surface area (Å²) in [6, 6.07) is 5.77. The van der Waals surface area contributed by atoms with Gasteiger partial charge in [0.1, 0.15) is 5.75 Å². The minimum atomic E-state index is 0.280. The van der Waals surface area contributed by atoms with Gasteiger partial charge in [-0.05, 0) is 36.5 Å². The Hall–Kier alpha value is -1.49. The largest absolute Gasteiger partial charge is 0.508 e. The molecule has 0 fully saturated rings. The molecular formula is C11H11NO. The molecule has 1 aromatic carbocycles. The number of nitriles is 1. The first-order valence-electron chi connectivity index (χ1n) is 4.52. The van der Waals surface area contributed by atoms with Gasteiger partial charge in [-0.2, -0.15) is 5.26 Å². The lowest BCUT2D eigenvalue weighted by molar-refractivity contribution is 0.469. The van der Waals surface area contributed by atoms with Gasteiger partial charge in [0.25, 0.3) is 0 Å². The van der Waals surface area contributed by atoms with Crippen LogP contribution in [0.15, 0.2) is 12.1 Å². The van der Waals surface area contributed by atoms with E-state index in [-0.39, 0.29) is 5.75 Å². The number of hydrogen-bond acceptors (Lipinski definition) is 2. The fraction of sp³-hybridized carbons (Fsp3) is 0.364. The molecule has 0 aromatic heterocycles. The number of aryl methyl sites for hydroxylation is 1. The monoisotopic (exact) mass is 173 g/mol. The lowest BCUT2D eigenvalue weighted by atomic mass is 10.0. The number of benzene rings is 1. The van der Waals surface area contributed by atoms with E-state index in [0.29, 0.717) is 6.42 Å². The van der Waals surface area contributed by atoms with E-state index in [9.17, 15) is 5.11 Å². The number of fused-ring (bicyclic) bond motifs is 1. The van der Waals surface area contributed by atoms with Crippen LogP contribution in [0.5, 0.6) is 5.75 Å². The molecule has 2 heteroatoms. The zero-order chi connectivity index (χ0) is 9.26. The summed E-state index contributed by atoms with van der Waals surface area (Å²) in [5.74, 6) is 0.280. The fourth-order valence-corrected chi connectivity index (χ4v) is 2.01. The molecule has 0 radical (unpaired) electrons. The van der Waals surface area contributed by atoms with Gasteiger partial charge in [0.05, 0.1) is 12.5 Å². The van der Waals surface area contributed by atoms with Crippen LogP contribution in [-0.2, 0) is 19.3 Å². The molecule has 1 aliphatic rings. The zero-order valence-corrected chi connectivity index (χ0v) is 7.38. The van der Waals surface area contributed by atoms with Crippen LogP contribution in [0.4, 0.5) is 0 Å². The topological polar surface area (TPSA) is 44.0 Å². The maximum atomic E-state index is 9.55. The highest BCUT2D eigenvalue weighted by Crippen LogP contribution is 2.31. The minimum absolute atomic E-state index is 0.280. The van der Waals surface area contributed by atoms with Gasteiger partial charge in [-0.15, -0.1) is 0 Å². The molecule has 0 spiro atoms. The van der Waals surface area contributed by atoms with Crippen molar-refractivity contribution in [3.63, 3.8) is 0 Å². The summed E-state index contributed by atoms with van der Waals surface area (Å²) < 4.78 is 0. The van der Waals surface area contributed by atoms with Crippen LogP contribution in [-0.4, -0.2) is 5.11 Å². The molecule has 0 bridgehead atoms. The summed E-state index contributed by atoms with van der Waals surface area (Å²) in [6.45, 7) is 0. The molecule has 2 rings (SSSR count). The Morgan fingerprint density at radius 2 is 2.23 bits per heavy atom. The highest BCUT2D eigenvalue weighted by molar-refractivity contribution is 5.47. The second kappa shape index (κ2) is 3.10. The molecule has 1 aliphatic carbocycles. The van der Waals surface area contributed by atoms with Gasteiger partial charge in [-0.1, -0.05) is 6.07 Å². The molecule has 0 saturated heterocycles. The van der Waals surface area contributed by atoms with Crippen molar-refractivity contribution in [2.24, 2.45) is 0 Å². The first-order valence-corrected chi connectivity index (χ1v) is 4.52. The number of phenols is 1. The van der Waals surface area contributed by atoms with Crippen LogP contribution >= 0.6 is 0 Å². The van der Waals surface area contributed by atoms with Crippen LogP contribution < -0.4 is 0 Å². The van der Waals surface area contributed by atoms with E-state index >= 15 is 0 Å². The molecule has 0 heterocycles. The molecule has 2 nitrogen and oxygen atoms in total. The Kier molecular flexibility index (Phi) is 1.94. The molecule has 0 atom stereocenters. The second-order valence-electron chi connectivity index (χ2n) is 3.39. The smallest absolute Gasteiger partial charge is 0.120 e. The highest BCUT2D eigenvalue weighted by atomic mass is 16.3. The number of aromatic hydroxyl groups is 1. The Labute approximate surface area is 77.4 Å². The van der Waals surface area contributed by atoms with Crippen LogP contribution in [0.3, 0.4) is 0 Å². The van der Waals surface area contributed by atoms with E-state index in [0.717, 1.165) is 24.8 Å². The lowest BCUT2D eigenvalue weighted by Gasteiger charge is -2.06. The molecule has 1 aromatic rings. The van der Waals surface area contributed by atoms with E-state index < -0.39 is 0 Å². The average molecular weight is 173 g/mol. The third-order valence-corrected chi connectivity index (χ3v) is 2.63. The Bertz CT molecular complexity index is 376. The van der Waals surface area contributed by atoms with E-state index in [1.54, 1.807) is 6.07 Å². The van der Waals surface area contributed by atoms with Crippen molar-refractivity contribution in [3.05, 3.63) is 28.8 Å². The molecular weight excluding hydrogens is 162 g/mol. The molecule has 1 N–H and O–H groups in total. The van der Waals surface area contributed by atoms with Gasteiger partial charge >= 0.3 is 0 Å². The summed E-state index contributed by atoms with van der Waals surface area (Å²) in [6.07, 6.45) is 3.58. The van der Waals surface area contributed by atoms with E-state index in [2.05, 4.69) is 6.07 Å². The van der Waals surface area contributed by atoms with Crippen molar-refractivity contribution in [2.75, 3.05) is 0 Å². The van der Waals surface area contributed by atoms with Crippen molar-refractivity contribution < 1.29 is 5.11 Å². The predicted molar refractivity (Wildman–Crippen MR) is 49.4 cm³/mol. The van der Waals surface area contributed by atoms with Crippen LogP contribution in [0, 0.1) is 11.3 Å². The Morgan fingerprint density at radius 1 is 1.38 bits per heavy atom. The third-order valence-electron chi connectivity index (χ3n) is 2.63. The van der Waals surface area contributed by atoms with Crippen molar-refractivity contribution >= 4 is 0 Å². The summed E-state index contributed by atoms with van der Waals surface area (Å²) in [4.78, 5) is 0. The number of phenolic OH excluding ortho intramolecular Hbond substituents is 1. The van der Waals surface area contributed by atoms with Crippen molar-refractivity contribution in [2.45, 2.75) is 25.7 Å².